The van der Waals surface area contributed by atoms with Gasteiger partial charge in [-0.15, -0.1) is 6.42 Å². The van der Waals surface area contributed by atoms with Gasteiger partial charge in [0, 0.05) is 11.3 Å². The maximum Gasteiger partial charge on any atom is 0.271 e. The van der Waals surface area contributed by atoms with Crippen molar-refractivity contribution in [1.29, 1.82) is 0 Å². The highest BCUT2D eigenvalue weighted by Crippen LogP contribution is 2.31. The number of thiazole rings is 1. The zero-order valence-electron chi connectivity index (χ0n) is 20.4. The van der Waals surface area contributed by atoms with E-state index in [1.807, 2.05) is 36.4 Å². The van der Waals surface area contributed by atoms with Gasteiger partial charge >= 0.3 is 0 Å². The summed E-state index contributed by atoms with van der Waals surface area (Å²) in [6.07, 6.45) is 7.06. The van der Waals surface area contributed by atoms with Crippen molar-refractivity contribution in [2.75, 3.05) is 11.9 Å². The van der Waals surface area contributed by atoms with Crippen LogP contribution in [0.5, 0.6) is 5.75 Å². The van der Waals surface area contributed by atoms with Crippen LogP contribution in [0.25, 0.3) is 6.08 Å². The van der Waals surface area contributed by atoms with E-state index >= 15 is 0 Å². The van der Waals surface area contributed by atoms with Crippen LogP contribution < -0.4 is 24.9 Å². The van der Waals surface area contributed by atoms with Gasteiger partial charge in [-0.05, 0) is 48.9 Å². The molecule has 6 nitrogen and oxygen atoms in total. The minimum Gasteiger partial charge on any atom is -0.480 e. The second-order valence-electron chi connectivity index (χ2n) is 8.48. The van der Waals surface area contributed by atoms with Gasteiger partial charge in [-0.2, -0.15) is 0 Å². The standard InChI is InChI=1S/C30H22FN3O3S/c1-3-17-37-24-12-8-7-9-21(24)18-25-29(36)34-27(20-13-15-22(31)16-14-20)26(19(2)32-30(34)38-25)28(35)33-23-10-5-4-6-11-23/h1,4-16,18,27H,17H2,2H3,(H,33,35)/t27-/m0/s1. The molecule has 5 rings (SSSR count). The quantitative estimate of drug-likeness (QED) is 0.388. The van der Waals surface area contributed by atoms with Crippen LogP contribution in [0.2, 0.25) is 0 Å². The van der Waals surface area contributed by atoms with Crippen LogP contribution in [-0.4, -0.2) is 17.1 Å². The van der Waals surface area contributed by atoms with Crippen molar-refractivity contribution in [2.45, 2.75) is 13.0 Å². The molecule has 0 spiro atoms. The molecule has 1 amide bonds. The molecule has 1 aliphatic heterocycles. The van der Waals surface area contributed by atoms with E-state index in [0.717, 1.165) is 0 Å². The number of amides is 1. The first-order valence-electron chi connectivity index (χ1n) is 11.8. The summed E-state index contributed by atoms with van der Waals surface area (Å²) in [5.41, 5.74) is 2.33. The Morgan fingerprint density at radius 3 is 2.58 bits per heavy atom. The van der Waals surface area contributed by atoms with Crippen LogP contribution >= 0.6 is 11.3 Å². The molecule has 0 fully saturated rings. The molecule has 188 valence electrons. The Balaban J connectivity index is 1.66. The predicted molar refractivity (Wildman–Crippen MR) is 146 cm³/mol. The van der Waals surface area contributed by atoms with E-state index in [4.69, 9.17) is 11.2 Å². The van der Waals surface area contributed by atoms with E-state index in [9.17, 15) is 14.0 Å². The van der Waals surface area contributed by atoms with Gasteiger partial charge < -0.3 is 10.1 Å². The molecule has 1 N–H and O–H groups in total. The fourth-order valence-electron chi connectivity index (χ4n) is 4.28. The summed E-state index contributed by atoms with van der Waals surface area (Å²) < 4.78 is 21.3. The number of para-hydroxylation sites is 2. The van der Waals surface area contributed by atoms with Crippen molar-refractivity contribution < 1.29 is 13.9 Å². The Morgan fingerprint density at radius 1 is 1.13 bits per heavy atom. The van der Waals surface area contributed by atoms with Crippen LogP contribution in [0, 0.1) is 18.2 Å². The number of terminal acetylenes is 1. The summed E-state index contributed by atoms with van der Waals surface area (Å²) >= 11 is 1.20. The number of nitrogens with one attached hydrogen (secondary N) is 1. The number of anilines is 1. The number of benzene rings is 3. The lowest BCUT2D eigenvalue weighted by Crippen LogP contribution is -2.40. The largest absolute Gasteiger partial charge is 0.480 e. The normalized spacial score (nSPS) is 14.9. The highest BCUT2D eigenvalue weighted by Gasteiger charge is 2.32. The summed E-state index contributed by atoms with van der Waals surface area (Å²) in [5, 5.41) is 2.89. The molecule has 2 heterocycles. The number of ether oxygens (including phenoxy) is 1. The van der Waals surface area contributed by atoms with E-state index in [0.29, 0.717) is 43.2 Å². The first kappa shape index (κ1) is 24.9. The van der Waals surface area contributed by atoms with Gasteiger partial charge in [-0.25, -0.2) is 9.38 Å². The SMILES string of the molecule is C#CCOc1ccccc1C=c1sc2n(c1=O)[C@@H](c1ccc(F)cc1)C(C(=O)Nc1ccccc1)=C(C)N=2. The molecular formula is C30H22FN3O3S. The topological polar surface area (TPSA) is 72.7 Å². The highest BCUT2D eigenvalue weighted by molar-refractivity contribution is 7.07. The number of hydrogen-bond donors (Lipinski definition) is 1. The van der Waals surface area contributed by atoms with Crippen molar-refractivity contribution in [3.8, 4) is 18.1 Å². The molecule has 8 heteroatoms. The fraction of sp³-hybridized carbons (Fsp3) is 0.100. The molecule has 1 aliphatic rings. The number of halogens is 1. The first-order chi connectivity index (χ1) is 18.5. The molecule has 0 unspecified atom stereocenters. The van der Waals surface area contributed by atoms with E-state index in [2.05, 4.69) is 16.2 Å². The van der Waals surface area contributed by atoms with Gasteiger partial charge in [0.1, 0.15) is 18.2 Å². The minimum absolute atomic E-state index is 0.0930. The van der Waals surface area contributed by atoms with Crippen LogP contribution in [-0.2, 0) is 4.79 Å². The summed E-state index contributed by atoms with van der Waals surface area (Å²) in [6.45, 7) is 1.83. The molecule has 0 saturated carbocycles. The lowest BCUT2D eigenvalue weighted by Gasteiger charge is -2.25. The second-order valence-corrected chi connectivity index (χ2v) is 9.49. The molecule has 3 aromatic carbocycles. The van der Waals surface area contributed by atoms with E-state index in [-0.39, 0.29) is 12.2 Å². The van der Waals surface area contributed by atoms with Crippen LogP contribution in [0.1, 0.15) is 24.1 Å². The van der Waals surface area contributed by atoms with Gasteiger partial charge in [0.05, 0.1) is 21.8 Å². The Morgan fingerprint density at radius 2 is 1.84 bits per heavy atom. The van der Waals surface area contributed by atoms with Gasteiger partial charge in [0.25, 0.3) is 11.5 Å². The molecule has 4 aromatic rings. The van der Waals surface area contributed by atoms with Crippen LogP contribution in [0.15, 0.2) is 99.9 Å². The Bertz CT molecular complexity index is 1760. The van der Waals surface area contributed by atoms with Gasteiger partial charge in [0.2, 0.25) is 0 Å². The van der Waals surface area contributed by atoms with Crippen molar-refractivity contribution in [3.05, 3.63) is 127 Å². The van der Waals surface area contributed by atoms with Crippen molar-refractivity contribution in [2.24, 2.45) is 4.99 Å². The maximum atomic E-state index is 13.8. The number of hydrogen-bond acceptors (Lipinski definition) is 5. The average Bonchev–Trinajstić information content (AvgIpc) is 3.22. The number of carbonyl (C=O) groups is 1. The minimum atomic E-state index is -0.800. The van der Waals surface area contributed by atoms with Gasteiger partial charge in [-0.3, -0.25) is 14.2 Å². The number of fused-ring (bicyclic) bond motifs is 1. The number of rotatable bonds is 6. The molecule has 38 heavy (non-hydrogen) atoms. The third-order valence-electron chi connectivity index (χ3n) is 6.00. The lowest BCUT2D eigenvalue weighted by atomic mass is 9.95. The molecule has 0 bridgehead atoms. The third-order valence-corrected chi connectivity index (χ3v) is 6.98. The van der Waals surface area contributed by atoms with Crippen LogP contribution in [0.3, 0.4) is 0 Å². The number of nitrogens with zero attached hydrogens (tertiary/aromatic N) is 2. The summed E-state index contributed by atoms with van der Waals surface area (Å²) in [4.78, 5) is 32.4. The van der Waals surface area contributed by atoms with Crippen molar-refractivity contribution >= 4 is 29.0 Å². The molecular weight excluding hydrogens is 501 g/mol. The Hall–Kier alpha value is -4.74. The number of allylic oxidation sites excluding steroid dienone is 1. The zero-order chi connectivity index (χ0) is 26.6. The zero-order valence-corrected chi connectivity index (χ0v) is 21.2. The van der Waals surface area contributed by atoms with E-state index in [1.54, 1.807) is 43.3 Å². The smallest absolute Gasteiger partial charge is 0.271 e. The van der Waals surface area contributed by atoms with Crippen molar-refractivity contribution in [3.63, 3.8) is 0 Å². The predicted octanol–water partition coefficient (Wildman–Crippen LogP) is 4.03. The summed E-state index contributed by atoms with van der Waals surface area (Å²) in [6, 6.07) is 21.3. The molecule has 0 aliphatic carbocycles. The number of carbonyl (C=O) groups excluding carboxylic acids is 1. The maximum absolute atomic E-state index is 13.8. The molecule has 1 atom stereocenters. The van der Waals surface area contributed by atoms with E-state index in [1.165, 1.54) is 28.0 Å². The first-order valence-corrected chi connectivity index (χ1v) is 12.6. The van der Waals surface area contributed by atoms with Crippen molar-refractivity contribution in [1.82, 2.24) is 4.57 Å². The lowest BCUT2D eigenvalue weighted by molar-refractivity contribution is -0.113. The van der Waals surface area contributed by atoms with Gasteiger partial charge in [-0.1, -0.05) is 65.8 Å². The third kappa shape index (κ3) is 4.92. The van der Waals surface area contributed by atoms with Gasteiger partial charge in [0.15, 0.2) is 4.80 Å². The molecule has 0 radical (unpaired) electrons. The average molecular weight is 524 g/mol. The highest BCUT2D eigenvalue weighted by atomic mass is 32.1. The fourth-order valence-corrected chi connectivity index (χ4v) is 5.32. The van der Waals surface area contributed by atoms with Crippen LogP contribution in [0.4, 0.5) is 10.1 Å². The monoisotopic (exact) mass is 523 g/mol. The summed E-state index contributed by atoms with van der Waals surface area (Å²) in [5.74, 6) is 2.18. The number of aromatic nitrogens is 1. The Kier molecular flexibility index (Phi) is 7.03. The summed E-state index contributed by atoms with van der Waals surface area (Å²) in [7, 11) is 0. The molecule has 0 saturated heterocycles. The second kappa shape index (κ2) is 10.7. The Labute approximate surface area is 222 Å². The molecule has 1 aromatic heterocycles. The van der Waals surface area contributed by atoms with E-state index < -0.39 is 17.8 Å².